The number of phenols is 1. The molecule has 0 saturated carbocycles. The fourth-order valence-corrected chi connectivity index (χ4v) is 2.71. The first-order valence-corrected chi connectivity index (χ1v) is 8.72. The van der Waals surface area contributed by atoms with Gasteiger partial charge in [0.2, 0.25) is 0 Å². The third kappa shape index (κ3) is 3.94. The molecule has 0 aliphatic rings. The van der Waals surface area contributed by atoms with Crippen molar-refractivity contribution in [1.82, 2.24) is 9.97 Å². The van der Waals surface area contributed by atoms with E-state index in [0.29, 0.717) is 18.0 Å². The number of hydrogen-bond donors (Lipinski definition) is 2. The molecule has 2 N–H and O–H groups in total. The molecule has 0 saturated heterocycles. The largest absolute Gasteiger partial charge is 0.508 e. The molecule has 134 valence electrons. The predicted molar refractivity (Wildman–Crippen MR) is 103 cm³/mol. The summed E-state index contributed by atoms with van der Waals surface area (Å²) in [5, 5.41) is 9.71. The van der Waals surface area contributed by atoms with Crippen LogP contribution < -0.4 is 10.4 Å². The van der Waals surface area contributed by atoms with Crippen LogP contribution in [0.5, 0.6) is 11.5 Å². The fourth-order valence-electron chi connectivity index (χ4n) is 2.71. The normalized spacial score (nSPS) is 10.7. The number of rotatable bonds is 6. The van der Waals surface area contributed by atoms with Crippen molar-refractivity contribution in [3.63, 3.8) is 0 Å². The van der Waals surface area contributed by atoms with Gasteiger partial charge in [-0.2, -0.15) is 4.98 Å². The van der Waals surface area contributed by atoms with E-state index in [9.17, 15) is 9.90 Å². The average molecular weight is 350 g/mol. The summed E-state index contributed by atoms with van der Waals surface area (Å²) in [6.07, 6.45) is 2.03. The number of nitrogens with zero attached hydrogens (tertiary/aromatic N) is 1. The van der Waals surface area contributed by atoms with E-state index in [-0.39, 0.29) is 5.75 Å². The molecule has 26 heavy (non-hydrogen) atoms. The molecule has 0 fully saturated rings. The van der Waals surface area contributed by atoms with Crippen LogP contribution in [0.15, 0.2) is 53.3 Å². The summed E-state index contributed by atoms with van der Waals surface area (Å²) in [5.41, 5.74) is 3.10. The average Bonchev–Trinajstić information content (AvgIpc) is 2.64. The van der Waals surface area contributed by atoms with Crippen molar-refractivity contribution in [1.29, 1.82) is 0 Å². The van der Waals surface area contributed by atoms with Crippen LogP contribution in [-0.2, 0) is 0 Å². The van der Waals surface area contributed by atoms with Crippen molar-refractivity contribution in [2.24, 2.45) is 0 Å². The lowest BCUT2D eigenvalue weighted by molar-refractivity contribution is 0.310. The number of aromatic nitrogens is 2. The van der Waals surface area contributed by atoms with Gasteiger partial charge in [0.15, 0.2) is 0 Å². The van der Waals surface area contributed by atoms with Gasteiger partial charge in [-0.05, 0) is 55.3 Å². The second-order valence-electron chi connectivity index (χ2n) is 6.18. The number of H-pyrrole nitrogens is 1. The Morgan fingerprint density at radius 2 is 1.96 bits per heavy atom. The first-order valence-electron chi connectivity index (χ1n) is 8.72. The maximum absolute atomic E-state index is 12.1. The van der Waals surface area contributed by atoms with Gasteiger partial charge in [0, 0.05) is 11.1 Å². The molecule has 0 bridgehead atoms. The van der Waals surface area contributed by atoms with Gasteiger partial charge < -0.3 is 14.8 Å². The van der Waals surface area contributed by atoms with E-state index in [1.54, 1.807) is 12.1 Å². The van der Waals surface area contributed by atoms with Gasteiger partial charge >= 0.3 is 5.69 Å². The minimum absolute atomic E-state index is 0.216. The second kappa shape index (κ2) is 7.87. The third-order valence-corrected chi connectivity index (χ3v) is 4.17. The zero-order valence-corrected chi connectivity index (χ0v) is 15.0. The van der Waals surface area contributed by atoms with Crippen molar-refractivity contribution in [2.75, 3.05) is 6.61 Å². The van der Waals surface area contributed by atoms with Crippen LogP contribution in [0.2, 0.25) is 0 Å². The maximum atomic E-state index is 12.1. The van der Waals surface area contributed by atoms with Crippen molar-refractivity contribution < 1.29 is 9.84 Å². The number of benzene rings is 2. The number of hydrogen-bond acceptors (Lipinski definition) is 4. The molecular weight excluding hydrogens is 328 g/mol. The smallest absolute Gasteiger partial charge is 0.345 e. The van der Waals surface area contributed by atoms with Crippen molar-refractivity contribution >= 4 is 0 Å². The first kappa shape index (κ1) is 17.7. The highest BCUT2D eigenvalue weighted by molar-refractivity contribution is 5.72. The van der Waals surface area contributed by atoms with E-state index < -0.39 is 5.69 Å². The standard InChI is InChI=1S/C21H22N2O3/c1-3-4-11-26-20-8-6-5-7-16(20)18-13-17(22-21(25)23-18)15-9-10-19(24)14(2)12-15/h5-10,12-13,24H,3-4,11H2,1-2H3,(H,22,23,25). The minimum atomic E-state index is -0.424. The van der Waals surface area contributed by atoms with Crippen LogP contribution in [0, 0.1) is 6.92 Å². The van der Waals surface area contributed by atoms with Crippen molar-refractivity contribution in [3.05, 3.63) is 64.6 Å². The number of aryl methyl sites for hydroxylation is 1. The lowest BCUT2D eigenvalue weighted by atomic mass is 10.0. The molecule has 0 spiro atoms. The van der Waals surface area contributed by atoms with E-state index >= 15 is 0 Å². The third-order valence-electron chi connectivity index (χ3n) is 4.17. The molecule has 3 rings (SSSR count). The molecule has 5 heteroatoms. The molecule has 0 amide bonds. The number of nitrogens with one attached hydrogen (secondary N) is 1. The monoisotopic (exact) mass is 350 g/mol. The maximum Gasteiger partial charge on any atom is 0.345 e. The highest BCUT2D eigenvalue weighted by Crippen LogP contribution is 2.30. The van der Waals surface area contributed by atoms with Gasteiger partial charge in [0.05, 0.1) is 18.0 Å². The zero-order valence-electron chi connectivity index (χ0n) is 15.0. The molecule has 0 radical (unpaired) electrons. The van der Waals surface area contributed by atoms with E-state index in [0.717, 1.165) is 35.3 Å². The van der Waals surface area contributed by atoms with Gasteiger partial charge in [-0.25, -0.2) is 4.79 Å². The highest BCUT2D eigenvalue weighted by Gasteiger charge is 2.11. The summed E-state index contributed by atoms with van der Waals surface area (Å²) in [5.74, 6) is 0.948. The molecular formula is C21H22N2O3. The molecule has 1 aromatic heterocycles. The Morgan fingerprint density at radius 1 is 1.15 bits per heavy atom. The Kier molecular flexibility index (Phi) is 5.37. The SMILES string of the molecule is CCCCOc1ccccc1-c1cc(-c2ccc(O)c(C)c2)nc(=O)[nH]1. The summed E-state index contributed by atoms with van der Waals surface area (Å²) in [4.78, 5) is 19.0. The molecule has 3 aromatic rings. The Labute approximate surface area is 152 Å². The molecule has 0 aliphatic heterocycles. The number of aromatic amines is 1. The predicted octanol–water partition coefficient (Wildman–Crippen LogP) is 4.30. The van der Waals surface area contributed by atoms with Crippen LogP contribution in [-0.4, -0.2) is 21.7 Å². The lowest BCUT2D eigenvalue weighted by Crippen LogP contribution is -2.12. The van der Waals surface area contributed by atoms with Crippen LogP contribution in [0.1, 0.15) is 25.3 Å². The molecule has 1 heterocycles. The van der Waals surface area contributed by atoms with Crippen molar-refractivity contribution in [2.45, 2.75) is 26.7 Å². The summed E-state index contributed by atoms with van der Waals surface area (Å²) >= 11 is 0. The molecule has 0 atom stereocenters. The van der Waals surface area contributed by atoms with Crippen LogP contribution in [0.4, 0.5) is 0 Å². The summed E-state index contributed by atoms with van der Waals surface area (Å²) in [7, 11) is 0. The molecule has 2 aromatic carbocycles. The van der Waals surface area contributed by atoms with E-state index in [2.05, 4.69) is 16.9 Å². The quantitative estimate of drug-likeness (QED) is 0.650. The molecule has 0 unspecified atom stereocenters. The second-order valence-corrected chi connectivity index (χ2v) is 6.18. The number of unbranched alkanes of at least 4 members (excludes halogenated alkanes) is 1. The van der Waals surface area contributed by atoms with E-state index in [1.807, 2.05) is 43.3 Å². The number of para-hydroxylation sites is 1. The van der Waals surface area contributed by atoms with E-state index in [4.69, 9.17) is 4.74 Å². The van der Waals surface area contributed by atoms with Crippen LogP contribution in [0.3, 0.4) is 0 Å². The summed E-state index contributed by atoms with van der Waals surface area (Å²) in [6.45, 7) is 4.55. The number of aromatic hydroxyl groups is 1. The topological polar surface area (TPSA) is 75.2 Å². The van der Waals surface area contributed by atoms with Gasteiger partial charge in [0.1, 0.15) is 11.5 Å². The number of ether oxygens (including phenoxy) is 1. The Hall–Kier alpha value is -3.08. The highest BCUT2D eigenvalue weighted by atomic mass is 16.5. The lowest BCUT2D eigenvalue weighted by Gasteiger charge is -2.12. The number of phenolic OH excluding ortho intramolecular Hbond substituents is 1. The van der Waals surface area contributed by atoms with Crippen LogP contribution >= 0.6 is 0 Å². The van der Waals surface area contributed by atoms with E-state index in [1.165, 1.54) is 0 Å². The van der Waals surface area contributed by atoms with Crippen LogP contribution in [0.25, 0.3) is 22.5 Å². The van der Waals surface area contributed by atoms with Gasteiger partial charge in [-0.3, -0.25) is 0 Å². The molecule has 5 nitrogen and oxygen atoms in total. The minimum Gasteiger partial charge on any atom is -0.508 e. The van der Waals surface area contributed by atoms with Gasteiger partial charge in [-0.1, -0.05) is 25.5 Å². The summed E-state index contributed by atoms with van der Waals surface area (Å²) < 4.78 is 5.88. The zero-order chi connectivity index (χ0) is 18.5. The Bertz CT molecular complexity index is 963. The van der Waals surface area contributed by atoms with Crippen molar-refractivity contribution in [3.8, 4) is 34.0 Å². The Balaban J connectivity index is 2.03. The molecule has 0 aliphatic carbocycles. The van der Waals surface area contributed by atoms with Gasteiger partial charge in [-0.15, -0.1) is 0 Å². The summed E-state index contributed by atoms with van der Waals surface area (Å²) in [6, 6.07) is 14.6. The van der Waals surface area contributed by atoms with Gasteiger partial charge in [0.25, 0.3) is 0 Å². The fraction of sp³-hybridized carbons (Fsp3) is 0.238. The Morgan fingerprint density at radius 3 is 2.73 bits per heavy atom. The first-order chi connectivity index (χ1) is 12.6.